The van der Waals surface area contributed by atoms with E-state index in [9.17, 15) is 13.2 Å². The topological polar surface area (TPSA) is 0 Å². The second-order valence-electron chi connectivity index (χ2n) is 3.93. The second-order valence-corrected chi connectivity index (χ2v) is 3.93. The first-order valence-corrected chi connectivity index (χ1v) is 5.67. The molecule has 0 N–H and O–H groups in total. The maximum Gasteiger partial charge on any atom is 0.379 e. The van der Waals surface area contributed by atoms with Gasteiger partial charge in [-0.05, 0) is 26.7 Å². The quantitative estimate of drug-likeness (QED) is 0.478. The average molecular weight is 228 g/mol. The van der Waals surface area contributed by atoms with Gasteiger partial charge in [-0.25, -0.2) is 0 Å². The van der Waals surface area contributed by atoms with Crippen molar-refractivity contribution in [3.05, 3.63) is 0 Å². The first kappa shape index (κ1) is 17.2. The molecule has 0 saturated heterocycles. The molecule has 0 amide bonds. The van der Waals surface area contributed by atoms with Crippen LogP contribution in [0.5, 0.6) is 0 Å². The Morgan fingerprint density at radius 2 is 1.33 bits per heavy atom. The molecule has 0 aliphatic carbocycles. The number of hydrogen-bond donors (Lipinski definition) is 0. The molecule has 0 aromatic rings. The number of nitrogens with zero attached hydrogens (tertiary/aromatic N) is 1. The summed E-state index contributed by atoms with van der Waals surface area (Å²) in [6.45, 7) is 7.09. The summed E-state index contributed by atoms with van der Waals surface area (Å²) >= 11 is 0. The smallest absolute Gasteiger partial charge is 0.327 e. The third-order valence-electron chi connectivity index (χ3n) is 2.83. The van der Waals surface area contributed by atoms with Crippen molar-refractivity contribution >= 4 is 0 Å². The van der Waals surface area contributed by atoms with Gasteiger partial charge >= 0.3 is 6.68 Å². The number of hydrogen-bond acceptors (Lipinski definition) is 0. The van der Waals surface area contributed by atoms with Crippen molar-refractivity contribution in [2.45, 2.75) is 46.7 Å². The molecule has 94 valence electrons. The zero-order valence-corrected chi connectivity index (χ0v) is 10.4. The molecule has 0 saturated carbocycles. The summed E-state index contributed by atoms with van der Waals surface area (Å²) in [5.74, 6) is 0. The van der Waals surface area contributed by atoms with Crippen molar-refractivity contribution in [3.8, 4) is 0 Å². The molecule has 1 nitrogen and oxygen atoms in total. The van der Waals surface area contributed by atoms with E-state index < -0.39 is 6.68 Å². The van der Waals surface area contributed by atoms with Gasteiger partial charge in [-0.1, -0.05) is 13.3 Å². The predicted octanol–water partition coefficient (Wildman–Crippen LogP) is 3.84. The molecule has 0 aliphatic heterocycles. The summed E-state index contributed by atoms with van der Waals surface area (Å²) in [7, 11) is 2.36. The van der Waals surface area contributed by atoms with Crippen LogP contribution in [0.2, 0.25) is 0 Å². The molecule has 4 heteroatoms. The first-order valence-electron chi connectivity index (χ1n) is 5.67. The van der Waals surface area contributed by atoms with E-state index in [2.05, 4.69) is 27.8 Å². The van der Waals surface area contributed by atoms with Crippen LogP contribution >= 0.6 is 0 Å². The van der Waals surface area contributed by atoms with Gasteiger partial charge in [0.15, 0.2) is 0 Å². The van der Waals surface area contributed by atoms with Gasteiger partial charge in [0.1, 0.15) is 0 Å². The largest absolute Gasteiger partial charge is 0.379 e. The van der Waals surface area contributed by atoms with Gasteiger partial charge in [0.25, 0.3) is 0 Å². The van der Waals surface area contributed by atoms with Crippen molar-refractivity contribution in [2.24, 2.45) is 0 Å². The van der Waals surface area contributed by atoms with Crippen LogP contribution in [0.25, 0.3) is 0 Å². The van der Waals surface area contributed by atoms with Gasteiger partial charge in [-0.2, -0.15) is 13.2 Å². The molecule has 0 bridgehead atoms. The van der Waals surface area contributed by atoms with Crippen molar-refractivity contribution in [1.29, 1.82) is 0 Å². The van der Waals surface area contributed by atoms with Crippen LogP contribution in [0.3, 0.4) is 0 Å². The van der Waals surface area contributed by atoms with Gasteiger partial charge in [-0.15, -0.1) is 0 Å². The Balaban J connectivity index is 0. The Bertz CT molecular complexity index is 122. The fourth-order valence-corrected chi connectivity index (χ4v) is 1.28. The van der Waals surface area contributed by atoms with Gasteiger partial charge in [0.2, 0.25) is 0 Å². The standard InChI is InChI=1S/C10H24N.CHF3/c1-5-8-9-10-11(4,6-2)7-3;2-1(3)4/h5-10H2,1-4H3;1H/q+1;. The Labute approximate surface area is 91.9 Å². The van der Waals surface area contributed by atoms with E-state index in [-0.39, 0.29) is 0 Å². The van der Waals surface area contributed by atoms with E-state index in [1.54, 1.807) is 0 Å². The molecule has 0 aromatic carbocycles. The van der Waals surface area contributed by atoms with E-state index in [0.717, 1.165) is 0 Å². The Kier molecular flexibility index (Phi) is 11.7. The Hall–Kier alpha value is -0.250. The van der Waals surface area contributed by atoms with Gasteiger partial charge in [-0.3, -0.25) is 0 Å². The lowest BCUT2D eigenvalue weighted by Crippen LogP contribution is -2.44. The van der Waals surface area contributed by atoms with E-state index in [4.69, 9.17) is 0 Å². The average Bonchev–Trinajstić information content (AvgIpc) is 2.17. The van der Waals surface area contributed by atoms with E-state index in [0.29, 0.717) is 0 Å². The van der Waals surface area contributed by atoms with Crippen LogP contribution in [0.1, 0.15) is 40.0 Å². The normalized spacial score (nSPS) is 11.2. The molecular weight excluding hydrogens is 203 g/mol. The minimum Gasteiger partial charge on any atom is -0.327 e. The molecule has 0 aliphatic rings. The summed E-state index contributed by atoms with van der Waals surface area (Å²) in [4.78, 5) is 0. The number of alkyl halides is 3. The summed E-state index contributed by atoms with van der Waals surface area (Å²) in [6, 6.07) is 0. The highest BCUT2D eigenvalue weighted by Crippen LogP contribution is 2.05. The van der Waals surface area contributed by atoms with Crippen molar-refractivity contribution in [2.75, 3.05) is 26.7 Å². The fourth-order valence-electron chi connectivity index (χ4n) is 1.28. The van der Waals surface area contributed by atoms with Gasteiger partial charge < -0.3 is 4.48 Å². The lowest BCUT2D eigenvalue weighted by molar-refractivity contribution is -0.906. The molecule has 0 unspecified atom stereocenters. The predicted molar refractivity (Wildman–Crippen MR) is 58.8 cm³/mol. The molecule has 0 spiro atoms. The lowest BCUT2D eigenvalue weighted by Gasteiger charge is -2.32. The van der Waals surface area contributed by atoms with Gasteiger partial charge in [0, 0.05) is 0 Å². The van der Waals surface area contributed by atoms with Crippen molar-refractivity contribution in [1.82, 2.24) is 0 Å². The molecule has 0 fully saturated rings. The maximum absolute atomic E-state index is 9.67. The Morgan fingerprint density at radius 1 is 0.933 bits per heavy atom. The zero-order valence-electron chi connectivity index (χ0n) is 10.4. The van der Waals surface area contributed by atoms with Crippen LogP contribution in [0, 0.1) is 0 Å². The molecular formula is C11H25F3N+. The minimum absolute atomic E-state index is 1.25. The van der Waals surface area contributed by atoms with E-state index >= 15 is 0 Å². The number of quaternary nitrogens is 1. The minimum atomic E-state index is -3.67. The summed E-state index contributed by atoms with van der Waals surface area (Å²) in [5.41, 5.74) is 0. The van der Waals surface area contributed by atoms with E-state index in [1.807, 2.05) is 0 Å². The summed E-state index contributed by atoms with van der Waals surface area (Å²) in [5, 5.41) is 0. The van der Waals surface area contributed by atoms with Crippen LogP contribution in [0.4, 0.5) is 13.2 Å². The molecule has 0 aromatic heterocycles. The Morgan fingerprint density at radius 3 is 1.60 bits per heavy atom. The maximum atomic E-state index is 9.67. The van der Waals surface area contributed by atoms with E-state index in [1.165, 1.54) is 43.4 Å². The molecule has 0 radical (unpaired) electrons. The van der Waals surface area contributed by atoms with Crippen molar-refractivity contribution in [3.63, 3.8) is 0 Å². The third kappa shape index (κ3) is 13.8. The number of halogens is 3. The highest BCUT2D eigenvalue weighted by atomic mass is 19.4. The van der Waals surface area contributed by atoms with Crippen LogP contribution < -0.4 is 0 Å². The van der Waals surface area contributed by atoms with Gasteiger partial charge in [0.05, 0.1) is 26.7 Å². The number of rotatable bonds is 6. The highest BCUT2D eigenvalue weighted by molar-refractivity contribution is 4.38. The highest BCUT2D eigenvalue weighted by Gasteiger charge is 2.14. The molecule has 0 heterocycles. The fraction of sp³-hybridized carbons (Fsp3) is 1.00. The molecule has 0 atom stereocenters. The summed E-state index contributed by atoms with van der Waals surface area (Å²) < 4.78 is 30.2. The van der Waals surface area contributed by atoms with Crippen LogP contribution in [-0.2, 0) is 0 Å². The van der Waals surface area contributed by atoms with Crippen molar-refractivity contribution < 1.29 is 17.7 Å². The summed E-state index contributed by atoms with van der Waals surface area (Å²) in [6.07, 6.45) is 4.13. The monoisotopic (exact) mass is 228 g/mol. The zero-order chi connectivity index (χ0) is 12.3. The SMILES string of the molecule is CCCCC[N+](C)(CC)CC.FC(F)F. The lowest BCUT2D eigenvalue weighted by atomic mass is 10.2. The van der Waals surface area contributed by atoms with Crippen LogP contribution in [-0.4, -0.2) is 37.8 Å². The number of unbranched alkanes of at least 4 members (excludes halogenated alkanes) is 2. The molecule has 15 heavy (non-hydrogen) atoms. The van der Waals surface area contributed by atoms with Crippen LogP contribution in [0.15, 0.2) is 0 Å². The first-order chi connectivity index (χ1) is 6.91. The second kappa shape index (κ2) is 10.3. The molecule has 0 rings (SSSR count). The third-order valence-corrected chi connectivity index (χ3v) is 2.83.